The van der Waals surface area contributed by atoms with Crippen LogP contribution in [0.4, 0.5) is 0 Å². The summed E-state index contributed by atoms with van der Waals surface area (Å²) in [6, 6.07) is 3.85. The number of hydrogen-bond acceptors (Lipinski definition) is 10. The largest absolute Gasteiger partial charge is 0.480 e. The van der Waals surface area contributed by atoms with E-state index in [1.165, 1.54) is 16.5 Å². The standard InChI is InChI=1S/C29H40N8O5/c1-4-18(2)26(28(39)40)37-17-24(33-35-37)21-13-20(14-22(15-21)27(38)19-8-11-31-12-9-19)23-16-36(34-32-23)25(29(41)42-3)7-5-6-10-30/h13-19,25-26,31H,4-12,30H2,1-3H3,(H,39,40)/t18?,25-,26-/m0/s1. The number of nitrogens with one attached hydrogen (secondary N) is 1. The number of carboxylic acid groups (broad SMARTS) is 1. The van der Waals surface area contributed by atoms with Gasteiger partial charge in [-0.05, 0) is 75.9 Å². The number of benzene rings is 1. The van der Waals surface area contributed by atoms with Crippen molar-refractivity contribution >= 4 is 17.7 Å². The lowest BCUT2D eigenvalue weighted by Gasteiger charge is -2.21. The number of nitrogens with zero attached hydrogens (tertiary/aromatic N) is 6. The average Bonchev–Trinajstić information content (AvgIpc) is 3.69. The Labute approximate surface area is 244 Å². The smallest absolute Gasteiger partial charge is 0.330 e. The van der Waals surface area contributed by atoms with E-state index in [2.05, 4.69) is 25.9 Å². The molecule has 0 aliphatic carbocycles. The Kier molecular flexibility index (Phi) is 10.5. The molecule has 1 saturated heterocycles. The van der Waals surface area contributed by atoms with Crippen molar-refractivity contribution in [2.45, 2.75) is 64.5 Å². The highest BCUT2D eigenvalue weighted by molar-refractivity contribution is 6.00. The van der Waals surface area contributed by atoms with E-state index in [1.807, 2.05) is 19.9 Å². The van der Waals surface area contributed by atoms with Crippen molar-refractivity contribution in [2.75, 3.05) is 26.7 Å². The van der Waals surface area contributed by atoms with Crippen LogP contribution in [0.5, 0.6) is 0 Å². The van der Waals surface area contributed by atoms with Gasteiger partial charge in [-0.1, -0.05) is 30.7 Å². The molecule has 3 aromatic rings. The number of esters is 1. The Morgan fingerprint density at radius 1 is 1.05 bits per heavy atom. The predicted molar refractivity (Wildman–Crippen MR) is 154 cm³/mol. The first-order valence-electron chi connectivity index (χ1n) is 14.5. The van der Waals surface area contributed by atoms with E-state index in [1.54, 1.807) is 24.5 Å². The monoisotopic (exact) mass is 580 g/mol. The van der Waals surface area contributed by atoms with Gasteiger partial charge in [-0.2, -0.15) is 0 Å². The third-order valence-electron chi connectivity index (χ3n) is 7.98. The minimum atomic E-state index is -0.987. The van der Waals surface area contributed by atoms with E-state index >= 15 is 0 Å². The number of Topliss-reactive ketones (excluding diaryl/α,β-unsaturated/α-hetero) is 1. The Balaban J connectivity index is 1.74. The van der Waals surface area contributed by atoms with Crippen molar-refractivity contribution in [3.05, 3.63) is 36.2 Å². The molecule has 0 saturated carbocycles. The highest BCUT2D eigenvalue weighted by Gasteiger charge is 2.28. The molecular formula is C29H40N8O5. The number of carboxylic acids is 1. The molecule has 13 nitrogen and oxygen atoms in total. The number of unbranched alkanes of at least 4 members (excludes halogenated alkanes) is 1. The molecule has 1 unspecified atom stereocenters. The van der Waals surface area contributed by atoms with Gasteiger partial charge in [0.25, 0.3) is 0 Å². The second-order valence-corrected chi connectivity index (χ2v) is 10.8. The van der Waals surface area contributed by atoms with Gasteiger partial charge in [0.05, 0.1) is 19.5 Å². The number of methoxy groups -OCH3 is 1. The molecule has 1 aromatic carbocycles. The number of nitrogens with two attached hydrogens (primary N) is 1. The maximum Gasteiger partial charge on any atom is 0.330 e. The van der Waals surface area contributed by atoms with Crippen LogP contribution in [-0.2, 0) is 14.3 Å². The van der Waals surface area contributed by atoms with Gasteiger partial charge < -0.3 is 20.9 Å². The second-order valence-electron chi connectivity index (χ2n) is 10.8. The van der Waals surface area contributed by atoms with E-state index in [0.717, 1.165) is 38.8 Å². The first-order chi connectivity index (χ1) is 20.3. The van der Waals surface area contributed by atoms with Crippen LogP contribution in [0.1, 0.15) is 74.8 Å². The van der Waals surface area contributed by atoms with Crippen LogP contribution in [0, 0.1) is 11.8 Å². The van der Waals surface area contributed by atoms with Gasteiger partial charge in [0.15, 0.2) is 17.9 Å². The van der Waals surface area contributed by atoms with Crippen molar-refractivity contribution in [2.24, 2.45) is 17.6 Å². The van der Waals surface area contributed by atoms with Crippen molar-refractivity contribution in [1.29, 1.82) is 0 Å². The van der Waals surface area contributed by atoms with Crippen LogP contribution in [0.2, 0.25) is 0 Å². The molecule has 4 rings (SSSR count). The fraction of sp³-hybridized carbons (Fsp3) is 0.552. The summed E-state index contributed by atoms with van der Waals surface area (Å²) in [4.78, 5) is 38.2. The molecule has 2 aromatic heterocycles. The lowest BCUT2D eigenvalue weighted by atomic mass is 9.88. The number of aromatic nitrogens is 6. The highest BCUT2D eigenvalue weighted by atomic mass is 16.5. The van der Waals surface area contributed by atoms with Crippen LogP contribution >= 0.6 is 0 Å². The minimum Gasteiger partial charge on any atom is -0.480 e. The zero-order valence-electron chi connectivity index (χ0n) is 24.4. The lowest BCUT2D eigenvalue weighted by molar-refractivity contribution is -0.145. The van der Waals surface area contributed by atoms with Crippen molar-refractivity contribution in [1.82, 2.24) is 35.3 Å². The summed E-state index contributed by atoms with van der Waals surface area (Å²) in [6.45, 7) is 5.86. The van der Waals surface area contributed by atoms with Gasteiger partial charge >= 0.3 is 11.9 Å². The molecule has 1 aliphatic rings. The van der Waals surface area contributed by atoms with Crippen LogP contribution in [-0.4, -0.2) is 79.6 Å². The molecule has 3 heterocycles. The molecule has 0 spiro atoms. The summed E-state index contributed by atoms with van der Waals surface area (Å²) < 4.78 is 7.85. The summed E-state index contributed by atoms with van der Waals surface area (Å²) in [6.07, 6.45) is 7.39. The molecule has 226 valence electrons. The van der Waals surface area contributed by atoms with E-state index in [-0.39, 0.29) is 17.6 Å². The fourth-order valence-electron chi connectivity index (χ4n) is 5.31. The molecule has 0 amide bonds. The van der Waals surface area contributed by atoms with E-state index < -0.39 is 24.0 Å². The predicted octanol–water partition coefficient (Wildman–Crippen LogP) is 2.90. The summed E-state index contributed by atoms with van der Waals surface area (Å²) in [5, 5.41) is 30.1. The van der Waals surface area contributed by atoms with Gasteiger partial charge in [-0.15, -0.1) is 10.2 Å². The van der Waals surface area contributed by atoms with E-state index in [9.17, 15) is 19.5 Å². The zero-order valence-corrected chi connectivity index (χ0v) is 24.4. The highest BCUT2D eigenvalue weighted by Crippen LogP contribution is 2.31. The zero-order chi connectivity index (χ0) is 30.2. The van der Waals surface area contributed by atoms with Gasteiger partial charge in [-0.3, -0.25) is 4.79 Å². The van der Waals surface area contributed by atoms with Crippen LogP contribution in [0.25, 0.3) is 22.5 Å². The van der Waals surface area contributed by atoms with Gasteiger partial charge in [0.1, 0.15) is 11.4 Å². The topological polar surface area (TPSA) is 180 Å². The SMILES string of the molecule is CCC(C)[C@@H](C(=O)O)n1cc(-c2cc(C(=O)C3CCNCC3)cc(-c3cn([C@@H](CCCCN)C(=O)OC)nn3)c2)nn1. The maximum atomic E-state index is 13.6. The number of piperidine rings is 1. The molecule has 4 N–H and O–H groups in total. The maximum absolute atomic E-state index is 13.6. The normalized spacial score (nSPS) is 16.1. The van der Waals surface area contributed by atoms with Crippen molar-refractivity contribution < 1.29 is 24.2 Å². The Morgan fingerprint density at radius 2 is 1.67 bits per heavy atom. The molecule has 13 heteroatoms. The lowest BCUT2D eigenvalue weighted by Crippen LogP contribution is -2.31. The Bertz CT molecular complexity index is 1380. The fourth-order valence-corrected chi connectivity index (χ4v) is 5.31. The Hall–Kier alpha value is -3.97. The summed E-state index contributed by atoms with van der Waals surface area (Å²) in [5.41, 5.74) is 8.26. The summed E-state index contributed by atoms with van der Waals surface area (Å²) in [7, 11) is 1.33. The number of ketones is 1. The van der Waals surface area contributed by atoms with Crippen molar-refractivity contribution in [3.8, 4) is 22.5 Å². The molecular weight excluding hydrogens is 540 g/mol. The quantitative estimate of drug-likeness (QED) is 0.145. The third-order valence-corrected chi connectivity index (χ3v) is 7.98. The molecule has 1 aliphatic heterocycles. The molecule has 0 radical (unpaired) electrons. The number of hydrogen-bond donors (Lipinski definition) is 3. The van der Waals surface area contributed by atoms with Crippen LogP contribution in [0.3, 0.4) is 0 Å². The first-order valence-corrected chi connectivity index (χ1v) is 14.5. The van der Waals surface area contributed by atoms with E-state index in [4.69, 9.17) is 10.5 Å². The van der Waals surface area contributed by atoms with Crippen LogP contribution < -0.4 is 11.1 Å². The number of ether oxygens (including phenoxy) is 1. The number of aliphatic carboxylic acids is 1. The third kappa shape index (κ3) is 7.08. The molecule has 42 heavy (non-hydrogen) atoms. The van der Waals surface area contributed by atoms with Crippen molar-refractivity contribution in [3.63, 3.8) is 0 Å². The van der Waals surface area contributed by atoms with E-state index in [0.29, 0.717) is 47.5 Å². The van der Waals surface area contributed by atoms with Gasteiger partial charge in [-0.25, -0.2) is 19.0 Å². The van der Waals surface area contributed by atoms with Gasteiger partial charge in [0, 0.05) is 22.6 Å². The Morgan fingerprint density at radius 3 is 2.24 bits per heavy atom. The number of carbonyl (C=O) groups is 3. The molecule has 1 fully saturated rings. The minimum absolute atomic E-state index is 0.0247. The summed E-state index contributed by atoms with van der Waals surface area (Å²) in [5.74, 6) is -1.67. The molecule has 3 atom stereocenters. The van der Waals surface area contributed by atoms with Gasteiger partial charge in [0.2, 0.25) is 0 Å². The number of carbonyl (C=O) groups excluding carboxylic acids is 2. The number of rotatable bonds is 14. The summed E-state index contributed by atoms with van der Waals surface area (Å²) >= 11 is 0. The molecule has 0 bridgehead atoms. The average molecular weight is 581 g/mol. The second kappa shape index (κ2) is 14.3. The first kappa shape index (κ1) is 31.0. The van der Waals surface area contributed by atoms with Crippen LogP contribution in [0.15, 0.2) is 30.6 Å².